The molecule has 0 fully saturated rings. The topological polar surface area (TPSA) is 55.8 Å². The number of rotatable bonds is 8. The Kier molecular flexibility index (Phi) is 7.75. The largest absolute Gasteiger partial charge is 0.461 e. The highest BCUT2D eigenvalue weighted by molar-refractivity contribution is 5.81. The molecule has 0 rings (SSSR count). The predicted molar refractivity (Wildman–Crippen MR) is 73.6 cm³/mol. The third kappa shape index (κ3) is 8.15. The van der Waals surface area contributed by atoms with E-state index >= 15 is 0 Å². The molecular formula is C14H23NO4. The fourth-order valence-electron chi connectivity index (χ4n) is 1.41. The van der Waals surface area contributed by atoms with Gasteiger partial charge < -0.3 is 9.47 Å². The Balaban J connectivity index is 4.17. The van der Waals surface area contributed by atoms with Crippen molar-refractivity contribution in [1.82, 2.24) is 4.90 Å². The molecule has 0 aliphatic rings. The molecule has 0 atom stereocenters. The van der Waals surface area contributed by atoms with Crippen LogP contribution in [0.25, 0.3) is 0 Å². The van der Waals surface area contributed by atoms with Gasteiger partial charge in [0.2, 0.25) is 0 Å². The first-order chi connectivity index (χ1) is 8.81. The average Bonchev–Trinajstić information content (AvgIpc) is 2.34. The van der Waals surface area contributed by atoms with E-state index in [4.69, 9.17) is 9.47 Å². The SMILES string of the molecule is C=CC(=O)OCCN(CCOC(=O)C=C)C(C)(C)C. The van der Waals surface area contributed by atoms with Gasteiger partial charge in [-0.25, -0.2) is 9.59 Å². The summed E-state index contributed by atoms with van der Waals surface area (Å²) in [5.41, 5.74) is -0.110. The highest BCUT2D eigenvalue weighted by Gasteiger charge is 2.21. The first-order valence-corrected chi connectivity index (χ1v) is 6.14. The van der Waals surface area contributed by atoms with Crippen molar-refractivity contribution >= 4 is 11.9 Å². The van der Waals surface area contributed by atoms with Crippen LogP contribution < -0.4 is 0 Å². The van der Waals surface area contributed by atoms with Crippen LogP contribution >= 0.6 is 0 Å². The molecule has 5 heteroatoms. The summed E-state index contributed by atoms with van der Waals surface area (Å²) in [5, 5.41) is 0. The van der Waals surface area contributed by atoms with Crippen LogP contribution in [-0.4, -0.2) is 48.7 Å². The van der Waals surface area contributed by atoms with Crippen molar-refractivity contribution in [2.24, 2.45) is 0 Å². The van der Waals surface area contributed by atoms with Gasteiger partial charge in [-0.3, -0.25) is 4.90 Å². The van der Waals surface area contributed by atoms with Crippen molar-refractivity contribution in [2.45, 2.75) is 26.3 Å². The Morgan fingerprint density at radius 3 is 1.63 bits per heavy atom. The Morgan fingerprint density at radius 2 is 1.37 bits per heavy atom. The number of esters is 2. The Labute approximate surface area is 114 Å². The summed E-state index contributed by atoms with van der Waals surface area (Å²) >= 11 is 0. The second-order valence-corrected chi connectivity index (χ2v) is 4.90. The normalized spacial score (nSPS) is 10.9. The predicted octanol–water partition coefficient (Wildman–Crippen LogP) is 1.55. The summed E-state index contributed by atoms with van der Waals surface area (Å²) < 4.78 is 9.89. The molecule has 0 spiro atoms. The summed E-state index contributed by atoms with van der Waals surface area (Å²) in [6.45, 7) is 14.5. The van der Waals surface area contributed by atoms with E-state index in [9.17, 15) is 9.59 Å². The van der Waals surface area contributed by atoms with Gasteiger partial charge in [0.1, 0.15) is 13.2 Å². The van der Waals surface area contributed by atoms with E-state index in [-0.39, 0.29) is 18.8 Å². The van der Waals surface area contributed by atoms with E-state index < -0.39 is 11.9 Å². The van der Waals surface area contributed by atoms with Crippen molar-refractivity contribution in [3.8, 4) is 0 Å². The van der Waals surface area contributed by atoms with E-state index in [0.717, 1.165) is 12.2 Å². The highest BCUT2D eigenvalue weighted by atomic mass is 16.5. The molecule has 0 aliphatic carbocycles. The van der Waals surface area contributed by atoms with Crippen LogP contribution in [0.2, 0.25) is 0 Å². The first kappa shape index (κ1) is 17.4. The summed E-state index contributed by atoms with van der Waals surface area (Å²) in [4.78, 5) is 24.0. The number of carbonyl (C=O) groups excluding carboxylic acids is 2. The van der Waals surface area contributed by atoms with Crippen LogP contribution in [-0.2, 0) is 19.1 Å². The molecule has 0 aliphatic heterocycles. The summed E-state index contributed by atoms with van der Waals surface area (Å²) in [5.74, 6) is -0.876. The molecule has 0 N–H and O–H groups in total. The molecule has 0 saturated carbocycles. The van der Waals surface area contributed by atoms with Crippen molar-refractivity contribution in [2.75, 3.05) is 26.3 Å². The smallest absolute Gasteiger partial charge is 0.330 e. The molecule has 0 aromatic heterocycles. The van der Waals surface area contributed by atoms with Gasteiger partial charge in [0.05, 0.1) is 0 Å². The molecule has 0 unspecified atom stereocenters. The van der Waals surface area contributed by atoms with Crippen LogP contribution in [0, 0.1) is 0 Å². The summed E-state index contributed by atoms with van der Waals surface area (Å²) in [7, 11) is 0. The fraction of sp³-hybridized carbons (Fsp3) is 0.571. The van der Waals surface area contributed by atoms with Gasteiger partial charge in [-0.2, -0.15) is 0 Å². The number of ether oxygens (including phenoxy) is 2. The minimum Gasteiger partial charge on any atom is -0.461 e. The van der Waals surface area contributed by atoms with Gasteiger partial charge in [0.15, 0.2) is 0 Å². The van der Waals surface area contributed by atoms with E-state index in [2.05, 4.69) is 18.1 Å². The lowest BCUT2D eigenvalue weighted by atomic mass is 10.1. The van der Waals surface area contributed by atoms with Crippen LogP contribution in [0.1, 0.15) is 20.8 Å². The van der Waals surface area contributed by atoms with Gasteiger partial charge in [-0.1, -0.05) is 13.2 Å². The summed E-state index contributed by atoms with van der Waals surface area (Å²) in [6, 6.07) is 0. The highest BCUT2D eigenvalue weighted by Crippen LogP contribution is 2.12. The zero-order valence-electron chi connectivity index (χ0n) is 12.0. The maximum Gasteiger partial charge on any atom is 0.330 e. The monoisotopic (exact) mass is 269 g/mol. The lowest BCUT2D eigenvalue weighted by molar-refractivity contribution is -0.139. The molecule has 0 bridgehead atoms. The minimum atomic E-state index is -0.438. The maximum absolute atomic E-state index is 10.9. The average molecular weight is 269 g/mol. The molecule has 19 heavy (non-hydrogen) atoms. The van der Waals surface area contributed by atoms with Gasteiger partial charge in [-0.05, 0) is 20.8 Å². The molecule has 108 valence electrons. The van der Waals surface area contributed by atoms with Gasteiger partial charge in [0.25, 0.3) is 0 Å². The Bertz CT molecular complexity index is 305. The molecule has 0 radical (unpaired) electrons. The number of hydrogen-bond acceptors (Lipinski definition) is 5. The van der Waals surface area contributed by atoms with Gasteiger partial charge >= 0.3 is 11.9 Å². The first-order valence-electron chi connectivity index (χ1n) is 6.14. The van der Waals surface area contributed by atoms with E-state index in [1.165, 1.54) is 0 Å². The van der Waals surface area contributed by atoms with Crippen LogP contribution in [0.3, 0.4) is 0 Å². The maximum atomic E-state index is 10.9. The Hall–Kier alpha value is -1.62. The van der Waals surface area contributed by atoms with Crippen LogP contribution in [0.15, 0.2) is 25.3 Å². The van der Waals surface area contributed by atoms with E-state index in [1.807, 2.05) is 20.8 Å². The molecule has 0 heterocycles. The van der Waals surface area contributed by atoms with Crippen molar-refractivity contribution in [1.29, 1.82) is 0 Å². The van der Waals surface area contributed by atoms with E-state index in [0.29, 0.717) is 13.1 Å². The second kappa shape index (κ2) is 8.48. The lowest BCUT2D eigenvalue weighted by Crippen LogP contribution is -2.45. The van der Waals surface area contributed by atoms with Crippen molar-refractivity contribution in [3.05, 3.63) is 25.3 Å². The molecule has 0 aromatic carbocycles. The van der Waals surface area contributed by atoms with Crippen molar-refractivity contribution < 1.29 is 19.1 Å². The molecule has 0 amide bonds. The standard InChI is InChI=1S/C14H23NO4/c1-6-12(16)18-10-8-15(14(3,4)5)9-11-19-13(17)7-2/h6-7H,1-2,8-11H2,3-5H3. The number of nitrogens with zero attached hydrogens (tertiary/aromatic N) is 1. The lowest BCUT2D eigenvalue weighted by Gasteiger charge is -2.35. The van der Waals surface area contributed by atoms with Crippen LogP contribution in [0.5, 0.6) is 0 Å². The third-order valence-corrected chi connectivity index (χ3v) is 2.49. The van der Waals surface area contributed by atoms with Gasteiger partial charge in [-0.15, -0.1) is 0 Å². The quantitative estimate of drug-likeness (QED) is 0.494. The Morgan fingerprint density at radius 1 is 1.00 bits per heavy atom. The minimum absolute atomic E-state index is 0.110. The van der Waals surface area contributed by atoms with Gasteiger partial charge in [0, 0.05) is 30.8 Å². The zero-order valence-corrected chi connectivity index (χ0v) is 12.0. The molecule has 5 nitrogen and oxygen atoms in total. The van der Waals surface area contributed by atoms with Crippen LogP contribution in [0.4, 0.5) is 0 Å². The fourth-order valence-corrected chi connectivity index (χ4v) is 1.41. The molecule has 0 saturated heterocycles. The second-order valence-electron chi connectivity index (χ2n) is 4.90. The number of carbonyl (C=O) groups is 2. The molecule has 0 aromatic rings. The zero-order chi connectivity index (χ0) is 14.9. The van der Waals surface area contributed by atoms with E-state index in [1.54, 1.807) is 0 Å². The summed E-state index contributed by atoms with van der Waals surface area (Å²) in [6.07, 6.45) is 2.26. The number of hydrogen-bond donors (Lipinski definition) is 0. The van der Waals surface area contributed by atoms with Crippen molar-refractivity contribution in [3.63, 3.8) is 0 Å². The molecular weight excluding hydrogens is 246 g/mol. The third-order valence-electron chi connectivity index (χ3n) is 2.49.